The molecule has 2 unspecified atom stereocenters. The Morgan fingerprint density at radius 3 is 2.19 bits per heavy atom. The van der Waals surface area contributed by atoms with E-state index in [1.165, 1.54) is 4.90 Å². The Bertz CT molecular complexity index is 795. The number of benzene rings is 2. The lowest BCUT2D eigenvalue weighted by Gasteiger charge is -2.25. The summed E-state index contributed by atoms with van der Waals surface area (Å²) in [5, 5.41) is 2.93. The average molecular weight is 367 g/mol. The first kappa shape index (κ1) is 20.6. The quantitative estimate of drug-likeness (QED) is 0.822. The van der Waals surface area contributed by atoms with E-state index >= 15 is 0 Å². The van der Waals surface area contributed by atoms with Crippen LogP contribution in [-0.2, 0) is 9.59 Å². The predicted molar refractivity (Wildman–Crippen MR) is 109 cm³/mol. The minimum Gasteiger partial charge on any atom is -0.336 e. The third kappa shape index (κ3) is 5.17. The van der Waals surface area contributed by atoms with Crippen molar-refractivity contribution in [3.63, 3.8) is 0 Å². The summed E-state index contributed by atoms with van der Waals surface area (Å²) in [6.07, 6.45) is 0. The molecule has 0 aromatic heterocycles. The molecule has 144 valence electrons. The number of nitrogens with one attached hydrogen (secondary N) is 1. The van der Waals surface area contributed by atoms with E-state index in [9.17, 15) is 9.59 Å². The maximum absolute atomic E-state index is 12.7. The van der Waals surface area contributed by atoms with Gasteiger partial charge in [0.1, 0.15) is 0 Å². The van der Waals surface area contributed by atoms with E-state index in [1.54, 1.807) is 14.0 Å². The van der Waals surface area contributed by atoms with Gasteiger partial charge in [-0.1, -0.05) is 55.0 Å². The minimum absolute atomic E-state index is 0.0164. The standard InChI is InChI=1S/C22H29N3O2/c1-14-11-15(2)21(16(3)12-14)24-19(26)13-25(5)22(27)17(4)20(23)18-9-7-6-8-10-18/h6-12,17,20H,13,23H2,1-5H3,(H,24,26). The van der Waals surface area contributed by atoms with Crippen LogP contribution in [0.25, 0.3) is 0 Å². The van der Waals surface area contributed by atoms with Gasteiger partial charge in [0.25, 0.3) is 0 Å². The Morgan fingerprint density at radius 2 is 1.63 bits per heavy atom. The summed E-state index contributed by atoms with van der Waals surface area (Å²) < 4.78 is 0. The summed E-state index contributed by atoms with van der Waals surface area (Å²) >= 11 is 0. The lowest BCUT2D eigenvalue weighted by Crippen LogP contribution is -2.41. The number of aryl methyl sites for hydroxylation is 3. The van der Waals surface area contributed by atoms with Crippen molar-refractivity contribution in [2.45, 2.75) is 33.7 Å². The van der Waals surface area contributed by atoms with E-state index in [-0.39, 0.29) is 18.4 Å². The highest BCUT2D eigenvalue weighted by Crippen LogP contribution is 2.23. The van der Waals surface area contributed by atoms with Crippen LogP contribution in [0, 0.1) is 26.7 Å². The van der Waals surface area contributed by atoms with Crippen LogP contribution in [-0.4, -0.2) is 30.3 Å². The van der Waals surface area contributed by atoms with Crippen molar-refractivity contribution in [1.29, 1.82) is 0 Å². The second-order valence-electron chi connectivity index (χ2n) is 7.24. The highest BCUT2D eigenvalue weighted by atomic mass is 16.2. The van der Waals surface area contributed by atoms with Gasteiger partial charge in [-0.15, -0.1) is 0 Å². The third-order valence-electron chi connectivity index (χ3n) is 4.81. The van der Waals surface area contributed by atoms with E-state index in [1.807, 2.05) is 63.2 Å². The normalized spacial score (nSPS) is 13.0. The number of hydrogen-bond acceptors (Lipinski definition) is 3. The minimum atomic E-state index is -0.423. The van der Waals surface area contributed by atoms with Crippen LogP contribution in [0.15, 0.2) is 42.5 Å². The zero-order chi connectivity index (χ0) is 20.1. The highest BCUT2D eigenvalue weighted by Gasteiger charge is 2.26. The summed E-state index contributed by atoms with van der Waals surface area (Å²) in [5.41, 5.74) is 11.1. The number of hydrogen-bond donors (Lipinski definition) is 2. The molecule has 0 aliphatic heterocycles. The summed E-state index contributed by atoms with van der Waals surface area (Å²) in [5.74, 6) is -0.798. The Hall–Kier alpha value is -2.66. The van der Waals surface area contributed by atoms with Gasteiger partial charge in [0.15, 0.2) is 0 Å². The maximum atomic E-state index is 12.7. The Balaban J connectivity index is 2.00. The van der Waals surface area contributed by atoms with Crippen LogP contribution in [0.5, 0.6) is 0 Å². The highest BCUT2D eigenvalue weighted by molar-refractivity contribution is 5.96. The van der Waals surface area contributed by atoms with Crippen LogP contribution < -0.4 is 11.1 Å². The third-order valence-corrected chi connectivity index (χ3v) is 4.81. The van der Waals surface area contributed by atoms with Crippen molar-refractivity contribution < 1.29 is 9.59 Å². The van der Waals surface area contributed by atoms with Crippen molar-refractivity contribution in [3.8, 4) is 0 Å². The van der Waals surface area contributed by atoms with Gasteiger partial charge in [-0.2, -0.15) is 0 Å². The molecule has 2 amide bonds. The van der Waals surface area contributed by atoms with Crippen molar-refractivity contribution >= 4 is 17.5 Å². The Labute approximate surface area is 161 Å². The molecule has 2 aromatic rings. The zero-order valence-corrected chi connectivity index (χ0v) is 16.7. The molecule has 0 radical (unpaired) electrons. The predicted octanol–water partition coefficient (Wildman–Crippen LogP) is 3.34. The van der Waals surface area contributed by atoms with Gasteiger partial charge in [0.05, 0.1) is 12.5 Å². The molecule has 2 rings (SSSR count). The summed E-state index contributed by atoms with van der Waals surface area (Å²) in [7, 11) is 1.63. The SMILES string of the molecule is Cc1cc(C)c(NC(=O)CN(C)C(=O)C(C)C(N)c2ccccc2)c(C)c1. The first-order chi connectivity index (χ1) is 12.7. The molecule has 0 spiro atoms. The summed E-state index contributed by atoms with van der Waals surface area (Å²) in [6, 6.07) is 13.2. The van der Waals surface area contributed by atoms with Crippen LogP contribution in [0.3, 0.4) is 0 Å². The van der Waals surface area contributed by atoms with Crippen LogP contribution >= 0.6 is 0 Å². The van der Waals surface area contributed by atoms with Gasteiger partial charge < -0.3 is 16.0 Å². The van der Waals surface area contributed by atoms with Crippen molar-refractivity contribution in [2.24, 2.45) is 11.7 Å². The molecule has 2 atom stereocenters. The maximum Gasteiger partial charge on any atom is 0.243 e. The van der Waals surface area contributed by atoms with E-state index in [0.29, 0.717) is 0 Å². The van der Waals surface area contributed by atoms with Gasteiger partial charge in [-0.25, -0.2) is 0 Å². The number of carbonyl (C=O) groups is 2. The Kier molecular flexibility index (Phi) is 6.75. The van der Waals surface area contributed by atoms with Gasteiger partial charge in [0, 0.05) is 18.8 Å². The number of anilines is 1. The van der Waals surface area contributed by atoms with Gasteiger partial charge >= 0.3 is 0 Å². The summed E-state index contributed by atoms with van der Waals surface area (Å²) in [6.45, 7) is 7.73. The molecule has 0 bridgehead atoms. The molecule has 0 aliphatic rings. The lowest BCUT2D eigenvalue weighted by molar-refractivity contribution is -0.137. The molecule has 27 heavy (non-hydrogen) atoms. The van der Waals surface area contributed by atoms with Crippen molar-refractivity contribution in [2.75, 3.05) is 18.9 Å². The number of rotatable bonds is 6. The molecule has 5 heteroatoms. The number of carbonyl (C=O) groups excluding carboxylic acids is 2. The van der Waals surface area contributed by atoms with Crippen molar-refractivity contribution in [3.05, 3.63) is 64.7 Å². The van der Waals surface area contributed by atoms with Crippen LogP contribution in [0.2, 0.25) is 0 Å². The molecule has 0 fully saturated rings. The molecule has 0 saturated heterocycles. The molecule has 3 N–H and O–H groups in total. The van der Waals surface area contributed by atoms with E-state index in [2.05, 4.69) is 5.32 Å². The Morgan fingerprint density at radius 1 is 1.07 bits per heavy atom. The summed E-state index contributed by atoms with van der Waals surface area (Å²) in [4.78, 5) is 26.6. The number of nitrogens with zero attached hydrogens (tertiary/aromatic N) is 1. The number of likely N-dealkylation sites (N-methyl/N-ethyl adjacent to an activating group) is 1. The van der Waals surface area contributed by atoms with E-state index < -0.39 is 12.0 Å². The van der Waals surface area contributed by atoms with Crippen LogP contribution in [0.4, 0.5) is 5.69 Å². The fourth-order valence-electron chi connectivity index (χ4n) is 3.31. The van der Waals surface area contributed by atoms with E-state index in [4.69, 9.17) is 5.73 Å². The smallest absolute Gasteiger partial charge is 0.243 e. The first-order valence-corrected chi connectivity index (χ1v) is 9.14. The van der Waals surface area contributed by atoms with Crippen molar-refractivity contribution in [1.82, 2.24) is 4.90 Å². The van der Waals surface area contributed by atoms with Gasteiger partial charge in [-0.3, -0.25) is 9.59 Å². The second kappa shape index (κ2) is 8.82. The van der Waals surface area contributed by atoms with Crippen LogP contribution in [0.1, 0.15) is 35.2 Å². The topological polar surface area (TPSA) is 75.4 Å². The molecule has 2 aromatic carbocycles. The molecular formula is C22H29N3O2. The second-order valence-corrected chi connectivity index (χ2v) is 7.24. The lowest BCUT2D eigenvalue weighted by atomic mass is 9.94. The largest absolute Gasteiger partial charge is 0.336 e. The fraction of sp³-hybridized carbons (Fsp3) is 0.364. The van der Waals surface area contributed by atoms with Gasteiger partial charge in [-0.05, 0) is 37.5 Å². The average Bonchev–Trinajstić information content (AvgIpc) is 2.63. The molecule has 0 saturated carbocycles. The number of amides is 2. The molecule has 5 nitrogen and oxygen atoms in total. The molecule has 0 aliphatic carbocycles. The monoisotopic (exact) mass is 367 g/mol. The molecular weight excluding hydrogens is 338 g/mol. The first-order valence-electron chi connectivity index (χ1n) is 9.14. The fourth-order valence-corrected chi connectivity index (χ4v) is 3.31. The zero-order valence-electron chi connectivity index (χ0n) is 16.7. The van der Waals surface area contributed by atoms with E-state index in [0.717, 1.165) is 27.9 Å². The number of nitrogens with two attached hydrogens (primary N) is 1. The van der Waals surface area contributed by atoms with Gasteiger partial charge in [0.2, 0.25) is 11.8 Å². The molecule has 0 heterocycles.